The van der Waals surface area contributed by atoms with Crippen LogP contribution in [0.25, 0.3) is 0 Å². The number of carboxylic acid groups (broad SMARTS) is 1. The predicted octanol–water partition coefficient (Wildman–Crippen LogP) is 0.864. The fourth-order valence-electron chi connectivity index (χ4n) is 1.90. The van der Waals surface area contributed by atoms with Crippen LogP contribution in [0.1, 0.15) is 12.0 Å². The van der Waals surface area contributed by atoms with E-state index in [1.807, 2.05) is 0 Å². The lowest BCUT2D eigenvalue weighted by molar-refractivity contribution is -0.136. The molecule has 2 rings (SSSR count). The van der Waals surface area contributed by atoms with Crippen LogP contribution in [0.3, 0.4) is 0 Å². The Kier molecular flexibility index (Phi) is 5.07. The van der Waals surface area contributed by atoms with Crippen molar-refractivity contribution >= 4 is 17.8 Å². The van der Waals surface area contributed by atoms with E-state index in [0.717, 1.165) is 5.56 Å². The number of benzene rings is 1. The summed E-state index contributed by atoms with van der Waals surface area (Å²) in [5.41, 5.74) is 0.797. The Morgan fingerprint density at radius 3 is 2.59 bits per heavy atom. The van der Waals surface area contributed by atoms with Gasteiger partial charge in [-0.05, 0) is 17.7 Å². The summed E-state index contributed by atoms with van der Waals surface area (Å²) in [4.78, 5) is 28.3. The Morgan fingerprint density at radius 1 is 1.32 bits per heavy atom. The van der Waals surface area contributed by atoms with Crippen LogP contribution in [0.4, 0.5) is 5.95 Å². The molecule has 0 spiro atoms. The van der Waals surface area contributed by atoms with Gasteiger partial charge in [0.2, 0.25) is 11.9 Å². The zero-order chi connectivity index (χ0) is 15.9. The van der Waals surface area contributed by atoms with Crippen LogP contribution in [-0.4, -0.2) is 45.8 Å². The Morgan fingerprint density at radius 2 is 2.05 bits per heavy atom. The Bertz CT molecular complexity index is 625. The molecule has 8 heteroatoms. The van der Waals surface area contributed by atoms with Crippen LogP contribution in [0, 0.1) is 0 Å². The van der Waals surface area contributed by atoms with E-state index in [-0.39, 0.29) is 31.2 Å². The standard InChI is InChI=1S/C14H16N4O4/c1-22-11-4-2-10(3-5-11)8-12(19)18(7-6-13(20)21)14-15-9-16-17-14/h2-5,9H,6-8H2,1H3,(H,20,21)(H,15,16,17). The van der Waals surface area contributed by atoms with Crippen molar-refractivity contribution < 1.29 is 19.4 Å². The van der Waals surface area contributed by atoms with E-state index in [1.165, 1.54) is 11.2 Å². The fourth-order valence-corrected chi connectivity index (χ4v) is 1.90. The molecule has 0 radical (unpaired) electrons. The van der Waals surface area contributed by atoms with E-state index in [0.29, 0.717) is 5.75 Å². The second kappa shape index (κ2) is 7.21. The molecule has 0 saturated carbocycles. The number of nitrogens with zero attached hydrogens (tertiary/aromatic N) is 3. The van der Waals surface area contributed by atoms with Crippen molar-refractivity contribution in [2.75, 3.05) is 18.6 Å². The number of aromatic nitrogens is 3. The maximum absolute atomic E-state index is 12.4. The normalized spacial score (nSPS) is 10.2. The smallest absolute Gasteiger partial charge is 0.305 e. The van der Waals surface area contributed by atoms with E-state index in [9.17, 15) is 9.59 Å². The van der Waals surface area contributed by atoms with Gasteiger partial charge in [-0.1, -0.05) is 12.1 Å². The Balaban J connectivity index is 2.08. The van der Waals surface area contributed by atoms with Crippen molar-refractivity contribution in [2.45, 2.75) is 12.8 Å². The van der Waals surface area contributed by atoms with Crippen LogP contribution >= 0.6 is 0 Å². The van der Waals surface area contributed by atoms with Gasteiger partial charge in [-0.2, -0.15) is 10.1 Å². The number of aromatic amines is 1. The third-order valence-electron chi connectivity index (χ3n) is 3.02. The van der Waals surface area contributed by atoms with Gasteiger partial charge in [-0.25, -0.2) is 5.10 Å². The molecule has 2 N–H and O–H groups in total. The zero-order valence-electron chi connectivity index (χ0n) is 12.0. The SMILES string of the molecule is COc1ccc(CC(=O)N(CCC(=O)O)c2ncn[nH]2)cc1. The molecule has 2 aromatic rings. The van der Waals surface area contributed by atoms with Crippen molar-refractivity contribution in [1.82, 2.24) is 15.2 Å². The fraction of sp³-hybridized carbons (Fsp3) is 0.286. The molecule has 0 fully saturated rings. The number of H-pyrrole nitrogens is 1. The first-order valence-corrected chi connectivity index (χ1v) is 6.60. The van der Waals surface area contributed by atoms with E-state index in [2.05, 4.69) is 15.2 Å². The first kappa shape index (κ1) is 15.5. The summed E-state index contributed by atoms with van der Waals surface area (Å²) in [6.45, 7) is 0.0273. The quantitative estimate of drug-likeness (QED) is 0.785. The molecule has 1 heterocycles. The average molecular weight is 304 g/mol. The number of carboxylic acids is 1. The van der Waals surface area contributed by atoms with Crippen LogP contribution < -0.4 is 9.64 Å². The van der Waals surface area contributed by atoms with Gasteiger partial charge in [0.15, 0.2) is 0 Å². The number of hydrogen-bond acceptors (Lipinski definition) is 5. The maximum atomic E-state index is 12.4. The van der Waals surface area contributed by atoms with Gasteiger partial charge in [0.25, 0.3) is 0 Å². The van der Waals surface area contributed by atoms with Gasteiger partial charge < -0.3 is 9.84 Å². The molecule has 0 aliphatic carbocycles. The predicted molar refractivity (Wildman–Crippen MR) is 77.7 cm³/mol. The number of aliphatic carboxylic acids is 1. The summed E-state index contributed by atoms with van der Waals surface area (Å²) in [7, 11) is 1.57. The Hall–Kier alpha value is -2.90. The molecule has 1 aromatic heterocycles. The third-order valence-corrected chi connectivity index (χ3v) is 3.02. The molecular weight excluding hydrogens is 288 g/mol. The summed E-state index contributed by atoms with van der Waals surface area (Å²) < 4.78 is 5.06. The van der Waals surface area contributed by atoms with E-state index >= 15 is 0 Å². The van der Waals surface area contributed by atoms with Crippen LogP contribution in [0.5, 0.6) is 5.75 Å². The highest BCUT2D eigenvalue weighted by atomic mass is 16.5. The van der Waals surface area contributed by atoms with Crippen molar-refractivity contribution in [3.63, 3.8) is 0 Å². The summed E-state index contributed by atoms with van der Waals surface area (Å²) in [6.07, 6.45) is 1.23. The van der Waals surface area contributed by atoms with Crippen LogP contribution in [0.2, 0.25) is 0 Å². The molecule has 0 saturated heterocycles. The molecule has 116 valence electrons. The van der Waals surface area contributed by atoms with Gasteiger partial charge in [0, 0.05) is 6.54 Å². The molecular formula is C14H16N4O4. The van der Waals surface area contributed by atoms with E-state index in [4.69, 9.17) is 9.84 Å². The maximum Gasteiger partial charge on any atom is 0.305 e. The lowest BCUT2D eigenvalue weighted by atomic mass is 10.1. The topological polar surface area (TPSA) is 108 Å². The van der Waals surface area contributed by atoms with Gasteiger partial charge in [0.1, 0.15) is 12.1 Å². The zero-order valence-corrected chi connectivity index (χ0v) is 12.0. The highest BCUT2D eigenvalue weighted by Gasteiger charge is 2.19. The highest BCUT2D eigenvalue weighted by molar-refractivity contribution is 5.93. The molecule has 22 heavy (non-hydrogen) atoms. The van der Waals surface area contributed by atoms with E-state index in [1.54, 1.807) is 31.4 Å². The number of carbonyl (C=O) groups is 2. The Labute approximate surface area is 126 Å². The first-order chi connectivity index (χ1) is 10.6. The summed E-state index contributed by atoms with van der Waals surface area (Å²) >= 11 is 0. The molecule has 1 amide bonds. The third kappa shape index (κ3) is 4.05. The van der Waals surface area contributed by atoms with Gasteiger partial charge in [0.05, 0.1) is 20.0 Å². The molecule has 8 nitrogen and oxygen atoms in total. The number of hydrogen-bond donors (Lipinski definition) is 2. The largest absolute Gasteiger partial charge is 0.497 e. The number of ether oxygens (including phenoxy) is 1. The molecule has 1 aromatic carbocycles. The average Bonchev–Trinajstić information content (AvgIpc) is 3.02. The number of amides is 1. The monoisotopic (exact) mass is 304 g/mol. The molecule has 0 aliphatic rings. The van der Waals surface area contributed by atoms with Crippen LogP contribution in [-0.2, 0) is 16.0 Å². The molecule has 0 bridgehead atoms. The minimum absolute atomic E-state index is 0.0273. The number of carbonyl (C=O) groups excluding carboxylic acids is 1. The summed E-state index contributed by atoms with van der Waals surface area (Å²) in [6, 6.07) is 7.09. The number of methoxy groups -OCH3 is 1. The minimum atomic E-state index is -0.984. The van der Waals surface area contributed by atoms with Crippen LogP contribution in [0.15, 0.2) is 30.6 Å². The van der Waals surface area contributed by atoms with E-state index < -0.39 is 5.97 Å². The second-order valence-corrected chi connectivity index (χ2v) is 4.52. The highest BCUT2D eigenvalue weighted by Crippen LogP contribution is 2.14. The molecule has 0 aliphatic heterocycles. The lowest BCUT2D eigenvalue weighted by Gasteiger charge is -2.18. The molecule has 0 unspecified atom stereocenters. The first-order valence-electron chi connectivity index (χ1n) is 6.60. The van der Waals surface area contributed by atoms with Crippen molar-refractivity contribution in [3.05, 3.63) is 36.2 Å². The van der Waals surface area contributed by atoms with Crippen molar-refractivity contribution in [1.29, 1.82) is 0 Å². The molecule has 0 atom stereocenters. The van der Waals surface area contributed by atoms with Gasteiger partial charge in [-0.15, -0.1) is 0 Å². The minimum Gasteiger partial charge on any atom is -0.497 e. The summed E-state index contributed by atoms with van der Waals surface area (Å²) in [5, 5.41) is 15.1. The number of rotatable bonds is 7. The summed E-state index contributed by atoms with van der Waals surface area (Å²) in [5.74, 6) is -0.307. The number of nitrogens with one attached hydrogen (secondary N) is 1. The van der Waals surface area contributed by atoms with Gasteiger partial charge >= 0.3 is 5.97 Å². The van der Waals surface area contributed by atoms with Crippen molar-refractivity contribution in [3.8, 4) is 5.75 Å². The van der Waals surface area contributed by atoms with Gasteiger partial charge in [-0.3, -0.25) is 14.5 Å². The van der Waals surface area contributed by atoms with Crippen molar-refractivity contribution in [2.24, 2.45) is 0 Å². The lowest BCUT2D eigenvalue weighted by Crippen LogP contribution is -2.35. The number of anilines is 1. The second-order valence-electron chi connectivity index (χ2n) is 4.52.